The molecule has 2 atom stereocenters. The lowest BCUT2D eigenvalue weighted by Gasteiger charge is -2.24. The maximum Gasteiger partial charge on any atom is 0.319 e. The number of ether oxygens (including phenoxy) is 1. The summed E-state index contributed by atoms with van der Waals surface area (Å²) in [6.07, 6.45) is 6.17. The first-order valence-electron chi connectivity index (χ1n) is 8.50. The van der Waals surface area contributed by atoms with Crippen LogP contribution in [-0.4, -0.2) is 18.4 Å². The summed E-state index contributed by atoms with van der Waals surface area (Å²) in [7, 11) is 0. The van der Waals surface area contributed by atoms with Crippen molar-refractivity contribution in [3.05, 3.63) is 35.3 Å². The molecule has 1 aromatic heterocycles. The Morgan fingerprint density at radius 3 is 2.87 bits per heavy atom. The van der Waals surface area contributed by atoms with Gasteiger partial charge in [0.1, 0.15) is 17.0 Å². The molecule has 124 valence electrons. The van der Waals surface area contributed by atoms with Crippen LogP contribution in [0, 0.1) is 5.41 Å². The van der Waals surface area contributed by atoms with E-state index >= 15 is 0 Å². The number of allylic oxidation sites excluding steroid dienone is 1. The highest BCUT2D eigenvalue weighted by atomic mass is 16.5. The van der Waals surface area contributed by atoms with Crippen LogP contribution in [0.15, 0.2) is 22.8 Å². The van der Waals surface area contributed by atoms with Crippen molar-refractivity contribution in [2.45, 2.75) is 58.3 Å². The summed E-state index contributed by atoms with van der Waals surface area (Å²) < 4.78 is 11.0. The van der Waals surface area contributed by atoms with Crippen molar-refractivity contribution >= 4 is 11.8 Å². The molecule has 2 aliphatic carbocycles. The molecule has 4 nitrogen and oxygen atoms in total. The van der Waals surface area contributed by atoms with E-state index in [0.29, 0.717) is 19.3 Å². The Hall–Kier alpha value is -1.84. The van der Waals surface area contributed by atoms with E-state index in [4.69, 9.17) is 9.15 Å². The van der Waals surface area contributed by atoms with E-state index in [9.17, 15) is 9.59 Å². The van der Waals surface area contributed by atoms with Gasteiger partial charge >= 0.3 is 5.97 Å². The summed E-state index contributed by atoms with van der Waals surface area (Å²) >= 11 is 0. The summed E-state index contributed by atoms with van der Waals surface area (Å²) in [6.45, 7) is 8.00. The van der Waals surface area contributed by atoms with Crippen LogP contribution in [0.4, 0.5) is 0 Å². The third kappa shape index (κ3) is 2.44. The van der Waals surface area contributed by atoms with Gasteiger partial charge in [-0.05, 0) is 50.2 Å². The van der Waals surface area contributed by atoms with E-state index in [2.05, 4.69) is 6.58 Å². The second-order valence-corrected chi connectivity index (χ2v) is 6.63. The predicted molar refractivity (Wildman–Crippen MR) is 86.2 cm³/mol. The van der Waals surface area contributed by atoms with Crippen LogP contribution in [0.1, 0.15) is 62.3 Å². The molecule has 0 radical (unpaired) electrons. The molecule has 1 fully saturated rings. The lowest BCUT2D eigenvalue weighted by atomic mass is 9.79. The fourth-order valence-electron chi connectivity index (χ4n) is 4.12. The number of hydrogen-bond donors (Lipinski definition) is 0. The summed E-state index contributed by atoms with van der Waals surface area (Å²) in [5.74, 6) is 0.399. The van der Waals surface area contributed by atoms with Crippen molar-refractivity contribution in [2.24, 2.45) is 5.41 Å². The standard InChI is InChI=1S/C19H24O4/c1-4-16(20)19(18(21)22-5-2)9-12(3)15(10-19)17-14-8-6-7-13(14)11-23-17/h11,15H,3-10H2,1-2H3. The minimum atomic E-state index is -1.08. The number of ketones is 1. The average Bonchev–Trinajstić information content (AvgIpc) is 3.21. The van der Waals surface area contributed by atoms with Gasteiger partial charge in [-0.3, -0.25) is 9.59 Å². The highest BCUT2D eigenvalue weighted by Crippen LogP contribution is 2.53. The van der Waals surface area contributed by atoms with Crippen LogP contribution in [0.3, 0.4) is 0 Å². The zero-order valence-corrected chi connectivity index (χ0v) is 13.9. The lowest BCUT2D eigenvalue weighted by molar-refractivity contribution is -0.159. The van der Waals surface area contributed by atoms with E-state index in [1.807, 2.05) is 6.26 Å². The Kier molecular flexibility index (Phi) is 4.17. The van der Waals surface area contributed by atoms with Crippen molar-refractivity contribution in [2.75, 3.05) is 6.61 Å². The number of furan rings is 1. The molecule has 0 spiro atoms. The number of Topliss-reactive ketones (excluding diaryl/α,β-unsaturated/α-hetero) is 1. The van der Waals surface area contributed by atoms with Gasteiger partial charge in [-0.2, -0.15) is 0 Å². The van der Waals surface area contributed by atoms with Crippen molar-refractivity contribution < 1.29 is 18.7 Å². The first-order valence-corrected chi connectivity index (χ1v) is 8.50. The zero-order valence-electron chi connectivity index (χ0n) is 13.9. The van der Waals surface area contributed by atoms with Crippen LogP contribution in [0.25, 0.3) is 0 Å². The summed E-state index contributed by atoms with van der Waals surface area (Å²) in [5, 5.41) is 0. The summed E-state index contributed by atoms with van der Waals surface area (Å²) in [4.78, 5) is 25.1. The van der Waals surface area contributed by atoms with Gasteiger partial charge in [0, 0.05) is 12.3 Å². The molecule has 0 N–H and O–H groups in total. The topological polar surface area (TPSA) is 56.5 Å². The maximum absolute atomic E-state index is 12.6. The lowest BCUT2D eigenvalue weighted by Crippen LogP contribution is -2.38. The van der Waals surface area contributed by atoms with Crippen LogP contribution >= 0.6 is 0 Å². The Labute approximate surface area is 136 Å². The molecule has 0 amide bonds. The number of carbonyl (C=O) groups excluding carboxylic acids is 2. The van der Waals surface area contributed by atoms with Crippen LogP contribution in [0.5, 0.6) is 0 Å². The normalized spacial score (nSPS) is 26.3. The molecule has 1 saturated carbocycles. The minimum absolute atomic E-state index is 0.0530. The number of rotatable bonds is 5. The van der Waals surface area contributed by atoms with Gasteiger partial charge in [-0.1, -0.05) is 19.1 Å². The third-order valence-electron chi connectivity index (χ3n) is 5.30. The molecule has 0 aliphatic heterocycles. The van der Waals surface area contributed by atoms with Crippen LogP contribution < -0.4 is 0 Å². The first kappa shape index (κ1) is 16.0. The Morgan fingerprint density at radius 2 is 2.17 bits per heavy atom. The number of hydrogen-bond acceptors (Lipinski definition) is 4. The molecule has 1 aromatic rings. The summed E-state index contributed by atoms with van der Waals surface area (Å²) in [6, 6.07) is 0. The average molecular weight is 316 g/mol. The highest BCUT2D eigenvalue weighted by molar-refractivity contribution is 6.04. The van der Waals surface area contributed by atoms with Gasteiger partial charge in [0.15, 0.2) is 0 Å². The quantitative estimate of drug-likeness (QED) is 0.472. The highest BCUT2D eigenvalue weighted by Gasteiger charge is 2.54. The van der Waals surface area contributed by atoms with Gasteiger partial charge in [-0.25, -0.2) is 0 Å². The van der Waals surface area contributed by atoms with Crippen LogP contribution in [-0.2, 0) is 27.2 Å². The molecule has 0 aromatic carbocycles. The largest absolute Gasteiger partial charge is 0.468 e. The summed E-state index contributed by atoms with van der Waals surface area (Å²) in [5.41, 5.74) is 2.36. The van der Waals surface area contributed by atoms with Crippen LogP contribution in [0.2, 0.25) is 0 Å². The first-order chi connectivity index (χ1) is 11.0. The zero-order chi connectivity index (χ0) is 16.6. The maximum atomic E-state index is 12.6. The second-order valence-electron chi connectivity index (χ2n) is 6.63. The SMILES string of the molecule is C=C1CC(C(=O)CC)(C(=O)OCC)CC1c1occ2c1CCC2. The molecular formula is C19H24O4. The fourth-order valence-corrected chi connectivity index (χ4v) is 4.12. The molecular weight excluding hydrogens is 292 g/mol. The molecule has 2 aliphatic rings. The van der Waals surface area contributed by atoms with Crippen molar-refractivity contribution in [1.29, 1.82) is 0 Å². The van der Waals surface area contributed by atoms with Crippen molar-refractivity contribution in [3.8, 4) is 0 Å². The Bertz CT molecular complexity index is 654. The van der Waals surface area contributed by atoms with E-state index in [1.54, 1.807) is 13.8 Å². The monoisotopic (exact) mass is 316 g/mol. The smallest absolute Gasteiger partial charge is 0.319 e. The van der Waals surface area contributed by atoms with E-state index in [1.165, 1.54) is 11.1 Å². The molecule has 2 unspecified atom stereocenters. The number of esters is 1. The van der Waals surface area contributed by atoms with Crippen molar-refractivity contribution in [1.82, 2.24) is 0 Å². The van der Waals surface area contributed by atoms with Crippen molar-refractivity contribution in [3.63, 3.8) is 0 Å². The van der Waals surface area contributed by atoms with Gasteiger partial charge in [0.25, 0.3) is 0 Å². The third-order valence-corrected chi connectivity index (χ3v) is 5.30. The fraction of sp³-hybridized carbons (Fsp3) is 0.579. The Balaban J connectivity index is 1.95. The van der Waals surface area contributed by atoms with E-state index in [0.717, 1.165) is 30.6 Å². The minimum Gasteiger partial charge on any atom is -0.468 e. The van der Waals surface area contributed by atoms with Gasteiger partial charge in [-0.15, -0.1) is 0 Å². The molecule has 4 heteroatoms. The van der Waals surface area contributed by atoms with E-state index < -0.39 is 11.4 Å². The number of fused-ring (bicyclic) bond motifs is 1. The Morgan fingerprint density at radius 1 is 1.39 bits per heavy atom. The second kappa shape index (κ2) is 5.99. The van der Waals surface area contributed by atoms with Gasteiger partial charge in [0.2, 0.25) is 0 Å². The number of carbonyl (C=O) groups is 2. The predicted octanol–water partition coefficient (Wildman–Crippen LogP) is 3.73. The van der Waals surface area contributed by atoms with E-state index in [-0.39, 0.29) is 18.3 Å². The van der Waals surface area contributed by atoms with Gasteiger partial charge < -0.3 is 9.15 Å². The molecule has 0 bridgehead atoms. The molecule has 3 rings (SSSR count). The number of aryl methyl sites for hydroxylation is 1. The molecule has 23 heavy (non-hydrogen) atoms. The molecule has 0 saturated heterocycles. The molecule has 1 heterocycles. The van der Waals surface area contributed by atoms with Gasteiger partial charge in [0.05, 0.1) is 12.9 Å².